The third-order valence-electron chi connectivity index (χ3n) is 3.79. The molecule has 3 aromatic rings. The summed E-state index contributed by atoms with van der Waals surface area (Å²) >= 11 is 0. The van der Waals surface area contributed by atoms with Crippen LogP contribution in [0, 0.1) is 5.82 Å². The van der Waals surface area contributed by atoms with Gasteiger partial charge in [-0.3, -0.25) is 9.20 Å². The van der Waals surface area contributed by atoms with Gasteiger partial charge < -0.3 is 15.8 Å². The number of nitrogens with zero attached hydrogens (tertiary/aromatic N) is 2. The van der Waals surface area contributed by atoms with Gasteiger partial charge in [-0.05, 0) is 30.7 Å². The normalized spacial score (nSPS) is 13.1. The molecule has 0 aliphatic heterocycles. The zero-order valence-electron chi connectivity index (χ0n) is 16.5. The lowest BCUT2D eigenvalue weighted by molar-refractivity contribution is 0.0950. The molecule has 130 valence electrons. The fraction of sp³-hybridized carbons (Fsp3) is 0.222. The molecule has 1 aromatic carbocycles. The third-order valence-corrected chi connectivity index (χ3v) is 3.79. The molecule has 0 spiro atoms. The summed E-state index contributed by atoms with van der Waals surface area (Å²) in [4.78, 5) is 16.6. The van der Waals surface area contributed by atoms with Crippen molar-refractivity contribution in [3.63, 3.8) is 0 Å². The van der Waals surface area contributed by atoms with Crippen LogP contribution in [0.15, 0.2) is 36.5 Å². The predicted octanol–water partition coefficient (Wildman–Crippen LogP) is 2.87. The molecule has 0 aliphatic rings. The Morgan fingerprint density at radius 2 is 2.28 bits per heavy atom. The number of nitrogens with two attached hydrogens (primary N) is 1. The number of hydrogen-bond acceptors (Lipinski definition) is 4. The first-order valence-corrected chi connectivity index (χ1v) is 7.75. The first kappa shape index (κ1) is 13.2. The van der Waals surface area contributed by atoms with Gasteiger partial charge in [0.1, 0.15) is 23.0 Å². The van der Waals surface area contributed by atoms with Crippen molar-refractivity contribution in [2.24, 2.45) is 0 Å². The number of carbonyl (C=O) groups excluding carboxylic acids is 1. The number of methoxy groups -OCH3 is 1. The molecule has 0 fully saturated rings. The molecule has 0 atom stereocenters. The Morgan fingerprint density at radius 3 is 3.04 bits per heavy atom. The van der Waals surface area contributed by atoms with Crippen LogP contribution in [0.2, 0.25) is 0 Å². The number of pyridine rings is 1. The number of aromatic nitrogens is 2. The second kappa shape index (κ2) is 6.80. The van der Waals surface area contributed by atoms with E-state index in [0.29, 0.717) is 6.54 Å². The zero-order chi connectivity index (χ0) is 20.5. The monoisotopic (exact) mass is 345 g/mol. The highest BCUT2D eigenvalue weighted by molar-refractivity contribution is 5.99. The van der Waals surface area contributed by atoms with Crippen LogP contribution < -0.4 is 15.8 Å². The summed E-state index contributed by atoms with van der Waals surface area (Å²) in [5, 5.41) is 2.70. The first-order chi connectivity index (χ1) is 13.2. The number of rotatable bonds is 5. The summed E-state index contributed by atoms with van der Waals surface area (Å²) < 4.78 is 43.0. The molecule has 0 saturated heterocycles. The van der Waals surface area contributed by atoms with Crippen LogP contribution >= 0.6 is 0 Å². The average Bonchev–Trinajstić information content (AvgIpc) is 2.96. The molecule has 0 aliphatic carbocycles. The van der Waals surface area contributed by atoms with Gasteiger partial charge in [-0.25, -0.2) is 9.37 Å². The van der Waals surface area contributed by atoms with Crippen LogP contribution in [0.3, 0.4) is 0 Å². The number of halogens is 1. The number of nitrogens with one attached hydrogen (secondary N) is 1. The SMILES string of the molecule is [2H]C([2H])([2H])Oc1cccc(F)c1-c1cccn2c(N)c(C(=O)NCCC)nc12. The highest BCUT2D eigenvalue weighted by Crippen LogP contribution is 2.35. The Hall–Kier alpha value is -3.09. The number of ether oxygens (including phenoxy) is 1. The number of fused-ring (bicyclic) bond motifs is 1. The number of carbonyl (C=O) groups is 1. The lowest BCUT2D eigenvalue weighted by Crippen LogP contribution is -2.25. The van der Waals surface area contributed by atoms with Crippen LogP contribution in [0.25, 0.3) is 16.8 Å². The Labute approximate surface area is 148 Å². The lowest BCUT2D eigenvalue weighted by atomic mass is 10.1. The third kappa shape index (κ3) is 2.88. The predicted molar refractivity (Wildman–Crippen MR) is 94.2 cm³/mol. The number of nitrogen functional groups attached to an aromatic ring is 1. The summed E-state index contributed by atoms with van der Waals surface area (Å²) in [6.07, 6.45) is 2.33. The fourth-order valence-corrected chi connectivity index (χ4v) is 2.62. The number of imidazole rings is 1. The van der Waals surface area contributed by atoms with Gasteiger partial charge in [0.25, 0.3) is 5.91 Å². The maximum Gasteiger partial charge on any atom is 0.273 e. The topological polar surface area (TPSA) is 81.6 Å². The number of anilines is 1. The van der Waals surface area contributed by atoms with Crippen LogP contribution in [0.1, 0.15) is 27.9 Å². The molecule has 25 heavy (non-hydrogen) atoms. The van der Waals surface area contributed by atoms with Crippen molar-refractivity contribution >= 4 is 17.4 Å². The Morgan fingerprint density at radius 1 is 1.44 bits per heavy atom. The van der Waals surface area contributed by atoms with Crippen molar-refractivity contribution in [1.29, 1.82) is 0 Å². The number of amides is 1. The van der Waals surface area contributed by atoms with Crippen molar-refractivity contribution in [1.82, 2.24) is 14.7 Å². The molecule has 2 heterocycles. The van der Waals surface area contributed by atoms with Crippen molar-refractivity contribution in [2.45, 2.75) is 13.3 Å². The summed E-state index contributed by atoms with van der Waals surface area (Å²) in [7, 11) is -2.76. The summed E-state index contributed by atoms with van der Waals surface area (Å²) in [6, 6.07) is 7.05. The largest absolute Gasteiger partial charge is 0.496 e. The van der Waals surface area contributed by atoms with Gasteiger partial charge in [-0.2, -0.15) is 0 Å². The summed E-state index contributed by atoms with van der Waals surface area (Å²) in [5.74, 6) is -1.19. The van der Waals surface area contributed by atoms with E-state index >= 15 is 0 Å². The second-order valence-corrected chi connectivity index (χ2v) is 5.43. The van der Waals surface area contributed by atoms with E-state index in [0.717, 1.165) is 6.42 Å². The maximum absolute atomic E-state index is 14.7. The van der Waals surface area contributed by atoms with E-state index in [1.165, 1.54) is 22.6 Å². The second-order valence-electron chi connectivity index (χ2n) is 5.43. The van der Waals surface area contributed by atoms with Gasteiger partial charge in [-0.15, -0.1) is 0 Å². The molecule has 7 heteroatoms. The molecular weight excluding hydrogens is 323 g/mol. The van der Waals surface area contributed by atoms with E-state index in [9.17, 15) is 9.18 Å². The molecule has 6 nitrogen and oxygen atoms in total. The van der Waals surface area contributed by atoms with Gasteiger partial charge >= 0.3 is 0 Å². The molecule has 3 rings (SSSR count). The Bertz CT molecular complexity index is 1030. The van der Waals surface area contributed by atoms with Gasteiger partial charge in [0.2, 0.25) is 0 Å². The highest BCUT2D eigenvalue weighted by Gasteiger charge is 2.21. The van der Waals surface area contributed by atoms with Crippen LogP contribution in [0.5, 0.6) is 5.75 Å². The minimum atomic E-state index is -2.76. The molecule has 0 radical (unpaired) electrons. The standard InChI is InChI=1S/C18H19FN4O2/c1-3-9-21-18(24)15-16(20)23-10-5-6-11(17(23)22-15)14-12(19)7-4-8-13(14)25-2/h4-8,10H,3,9,20H2,1-2H3,(H,21,24)/i2D3. The Balaban J connectivity index is 2.19. The van der Waals surface area contributed by atoms with Gasteiger partial charge in [0, 0.05) is 18.3 Å². The van der Waals surface area contributed by atoms with Crippen molar-refractivity contribution in [2.75, 3.05) is 19.3 Å². The molecule has 3 N–H and O–H groups in total. The van der Waals surface area contributed by atoms with Crippen molar-refractivity contribution in [3.05, 3.63) is 48.0 Å². The van der Waals surface area contributed by atoms with Gasteiger partial charge in [0.05, 0.1) is 16.7 Å². The molecular formula is C18H19FN4O2. The zero-order valence-corrected chi connectivity index (χ0v) is 13.5. The molecule has 0 bridgehead atoms. The van der Waals surface area contributed by atoms with Crippen LogP contribution in [0.4, 0.5) is 10.2 Å². The van der Waals surface area contributed by atoms with E-state index < -0.39 is 18.8 Å². The van der Waals surface area contributed by atoms with Crippen molar-refractivity contribution < 1.29 is 18.0 Å². The summed E-state index contributed by atoms with van der Waals surface area (Å²) in [6.45, 7) is 2.37. The minimum Gasteiger partial charge on any atom is -0.496 e. The van der Waals surface area contributed by atoms with E-state index in [4.69, 9.17) is 14.6 Å². The fourth-order valence-electron chi connectivity index (χ4n) is 2.62. The van der Waals surface area contributed by atoms with E-state index in [2.05, 4.69) is 10.3 Å². The molecule has 0 saturated carbocycles. The average molecular weight is 345 g/mol. The van der Waals surface area contributed by atoms with Crippen LogP contribution in [-0.4, -0.2) is 28.9 Å². The highest BCUT2D eigenvalue weighted by atomic mass is 19.1. The van der Waals surface area contributed by atoms with Crippen molar-refractivity contribution in [3.8, 4) is 16.9 Å². The smallest absolute Gasteiger partial charge is 0.273 e. The van der Waals surface area contributed by atoms with Crippen LogP contribution in [-0.2, 0) is 0 Å². The van der Waals surface area contributed by atoms with E-state index in [1.807, 2.05) is 6.92 Å². The number of hydrogen-bond donors (Lipinski definition) is 2. The Kier molecular flexibility index (Phi) is 3.60. The minimum absolute atomic E-state index is 0.00975. The first-order valence-electron chi connectivity index (χ1n) is 9.25. The quantitative estimate of drug-likeness (QED) is 0.745. The van der Waals surface area contributed by atoms with Gasteiger partial charge in [-0.1, -0.05) is 13.0 Å². The van der Waals surface area contributed by atoms with Gasteiger partial charge in [0.15, 0.2) is 5.69 Å². The van der Waals surface area contributed by atoms with E-state index in [-0.39, 0.29) is 34.0 Å². The molecule has 0 unspecified atom stereocenters. The molecule has 2 aromatic heterocycles. The maximum atomic E-state index is 14.7. The summed E-state index contributed by atoms with van der Waals surface area (Å²) in [5.41, 5.74) is 6.46. The lowest BCUT2D eigenvalue weighted by Gasteiger charge is -2.10. The number of benzene rings is 1. The van der Waals surface area contributed by atoms with E-state index in [1.54, 1.807) is 18.3 Å². The molecule has 1 amide bonds.